The Morgan fingerprint density at radius 1 is 1.40 bits per heavy atom. The van der Waals surface area contributed by atoms with Gasteiger partial charge in [0.25, 0.3) is 10.0 Å². The number of hydrogen-bond donors (Lipinski definition) is 3. The number of benzene rings is 1. The van der Waals surface area contributed by atoms with Gasteiger partial charge in [0, 0.05) is 0 Å². The highest BCUT2D eigenvalue weighted by Gasteiger charge is 2.20. The molecule has 0 fully saturated rings. The van der Waals surface area contributed by atoms with E-state index in [0.717, 1.165) is 29.5 Å². The summed E-state index contributed by atoms with van der Waals surface area (Å²) in [7, 11) is -3.97. The quantitative estimate of drug-likeness (QED) is 0.749. The van der Waals surface area contributed by atoms with Gasteiger partial charge in [-0.25, -0.2) is 18.2 Å². The molecular weight excluding hydrogens is 372 g/mol. The number of carbonyl (C=O) groups is 1. The van der Waals surface area contributed by atoms with Crippen LogP contribution in [0.15, 0.2) is 33.1 Å². The van der Waals surface area contributed by atoms with Crippen LogP contribution >= 0.6 is 27.3 Å². The molecule has 3 N–H and O–H groups in total. The van der Waals surface area contributed by atoms with Gasteiger partial charge in [0.05, 0.1) is 14.9 Å². The molecule has 0 amide bonds. The van der Waals surface area contributed by atoms with Crippen LogP contribution in [0.1, 0.15) is 10.4 Å². The van der Waals surface area contributed by atoms with Crippen LogP contribution in [0.2, 0.25) is 0 Å². The Morgan fingerprint density at radius 3 is 2.65 bits per heavy atom. The van der Waals surface area contributed by atoms with E-state index >= 15 is 0 Å². The minimum atomic E-state index is -3.97. The second-order valence-corrected chi connectivity index (χ2v) is 7.65. The van der Waals surface area contributed by atoms with Crippen LogP contribution in [0.4, 0.5) is 5.13 Å². The molecule has 0 spiro atoms. The molecule has 0 aliphatic heterocycles. The number of aromatic carboxylic acids is 1. The Hall–Kier alpha value is -1.65. The summed E-state index contributed by atoms with van der Waals surface area (Å²) in [5.41, 5.74) is -0.492. The lowest BCUT2D eigenvalue weighted by atomic mass is 10.2. The predicted octanol–water partition coefficient (Wildman–Crippen LogP) is 2.11. The van der Waals surface area contributed by atoms with Crippen molar-refractivity contribution in [3.05, 3.63) is 33.7 Å². The van der Waals surface area contributed by atoms with Crippen molar-refractivity contribution < 1.29 is 23.4 Å². The summed E-state index contributed by atoms with van der Waals surface area (Å²) in [4.78, 5) is 14.4. The van der Waals surface area contributed by atoms with E-state index in [4.69, 9.17) is 5.11 Å². The van der Waals surface area contributed by atoms with Gasteiger partial charge in [0.15, 0.2) is 5.13 Å². The molecule has 0 unspecified atom stereocenters. The molecule has 0 radical (unpaired) electrons. The Bertz CT molecular complexity index is 772. The number of carboxylic acid groups (broad SMARTS) is 1. The first-order chi connectivity index (χ1) is 9.29. The average Bonchev–Trinajstić information content (AvgIpc) is 2.73. The zero-order chi connectivity index (χ0) is 14.9. The van der Waals surface area contributed by atoms with Crippen LogP contribution in [0.3, 0.4) is 0 Å². The van der Waals surface area contributed by atoms with Crippen molar-refractivity contribution in [1.82, 2.24) is 4.98 Å². The van der Waals surface area contributed by atoms with Crippen LogP contribution in [0, 0.1) is 0 Å². The van der Waals surface area contributed by atoms with Crippen LogP contribution in [0.5, 0.6) is 5.75 Å². The van der Waals surface area contributed by atoms with E-state index < -0.39 is 27.3 Å². The van der Waals surface area contributed by atoms with Gasteiger partial charge in [-0.1, -0.05) is 11.3 Å². The number of sulfonamides is 1. The first-order valence-electron chi connectivity index (χ1n) is 5.00. The topological polar surface area (TPSA) is 117 Å². The molecule has 106 valence electrons. The fourth-order valence-corrected chi connectivity index (χ4v) is 3.70. The summed E-state index contributed by atoms with van der Waals surface area (Å²) in [6.45, 7) is 0. The van der Waals surface area contributed by atoms with Crippen molar-refractivity contribution in [2.75, 3.05) is 4.72 Å². The Labute approximate surface area is 126 Å². The molecule has 1 aromatic carbocycles. The van der Waals surface area contributed by atoms with Crippen LogP contribution in [0.25, 0.3) is 0 Å². The normalized spacial score (nSPS) is 11.2. The number of aromatic hydroxyl groups is 1. The third-order valence-electron chi connectivity index (χ3n) is 2.21. The van der Waals surface area contributed by atoms with Crippen LogP contribution in [-0.2, 0) is 10.0 Å². The van der Waals surface area contributed by atoms with E-state index in [-0.39, 0.29) is 10.0 Å². The Kier molecular flexibility index (Phi) is 3.97. The number of nitrogens with zero attached hydrogens (tertiary/aromatic N) is 1. The average molecular weight is 379 g/mol. The zero-order valence-electron chi connectivity index (χ0n) is 9.57. The first kappa shape index (κ1) is 14.8. The van der Waals surface area contributed by atoms with E-state index in [0.29, 0.717) is 3.79 Å². The molecule has 1 heterocycles. The van der Waals surface area contributed by atoms with Crippen LogP contribution < -0.4 is 4.72 Å². The third kappa shape index (κ3) is 3.08. The second kappa shape index (κ2) is 5.38. The number of phenols is 1. The maximum absolute atomic E-state index is 12.1. The van der Waals surface area contributed by atoms with E-state index in [1.165, 1.54) is 6.20 Å². The minimum absolute atomic E-state index is 0.141. The van der Waals surface area contributed by atoms with E-state index in [1.54, 1.807) is 0 Å². The first-order valence-corrected chi connectivity index (χ1v) is 8.09. The number of nitrogens with one attached hydrogen (secondary N) is 1. The number of hydrogen-bond acceptors (Lipinski definition) is 6. The van der Waals surface area contributed by atoms with E-state index in [9.17, 15) is 18.3 Å². The molecule has 2 rings (SSSR count). The maximum Gasteiger partial charge on any atom is 0.339 e. The lowest BCUT2D eigenvalue weighted by Crippen LogP contribution is -2.13. The Morgan fingerprint density at radius 2 is 2.10 bits per heavy atom. The summed E-state index contributed by atoms with van der Waals surface area (Å²) in [5.74, 6) is -1.93. The highest BCUT2D eigenvalue weighted by atomic mass is 79.9. The Balaban J connectivity index is 2.39. The smallest absolute Gasteiger partial charge is 0.339 e. The van der Waals surface area contributed by atoms with Crippen molar-refractivity contribution in [1.29, 1.82) is 0 Å². The monoisotopic (exact) mass is 378 g/mol. The van der Waals surface area contributed by atoms with E-state index in [2.05, 4.69) is 25.6 Å². The summed E-state index contributed by atoms with van der Waals surface area (Å²) in [6, 6.07) is 2.99. The molecule has 0 bridgehead atoms. The molecule has 0 saturated heterocycles. The lowest BCUT2D eigenvalue weighted by Gasteiger charge is -2.06. The van der Waals surface area contributed by atoms with Gasteiger partial charge in [0.2, 0.25) is 0 Å². The van der Waals surface area contributed by atoms with Gasteiger partial charge in [-0.05, 0) is 34.1 Å². The van der Waals surface area contributed by atoms with Crippen molar-refractivity contribution in [2.24, 2.45) is 0 Å². The molecule has 0 aliphatic carbocycles. The molecule has 0 atom stereocenters. The summed E-state index contributed by atoms with van der Waals surface area (Å²) < 4.78 is 27.0. The molecule has 7 nitrogen and oxygen atoms in total. The van der Waals surface area contributed by atoms with Gasteiger partial charge in [-0.2, -0.15) is 0 Å². The molecular formula is C10H7BrN2O5S2. The van der Waals surface area contributed by atoms with Gasteiger partial charge >= 0.3 is 5.97 Å². The van der Waals surface area contributed by atoms with Crippen molar-refractivity contribution in [3.63, 3.8) is 0 Å². The fraction of sp³-hybridized carbons (Fsp3) is 0. The number of aromatic nitrogens is 1. The predicted molar refractivity (Wildman–Crippen MR) is 75.7 cm³/mol. The van der Waals surface area contributed by atoms with Crippen molar-refractivity contribution >= 4 is 48.4 Å². The lowest BCUT2D eigenvalue weighted by molar-refractivity contribution is 0.0693. The van der Waals surface area contributed by atoms with Crippen molar-refractivity contribution in [2.45, 2.75) is 4.90 Å². The fourth-order valence-electron chi connectivity index (χ4n) is 1.33. The second-order valence-electron chi connectivity index (χ2n) is 3.56. The van der Waals surface area contributed by atoms with Gasteiger partial charge in [0.1, 0.15) is 11.3 Å². The highest BCUT2D eigenvalue weighted by molar-refractivity contribution is 9.11. The summed E-state index contributed by atoms with van der Waals surface area (Å²) in [5, 5.41) is 18.3. The van der Waals surface area contributed by atoms with Gasteiger partial charge < -0.3 is 10.2 Å². The SMILES string of the molecule is O=C(O)c1cc(S(=O)(=O)Nc2ncc(Br)s2)ccc1O. The summed E-state index contributed by atoms with van der Waals surface area (Å²) in [6.07, 6.45) is 1.43. The minimum Gasteiger partial charge on any atom is -0.507 e. The third-order valence-corrected chi connectivity index (χ3v) is 5.07. The molecule has 2 aromatic rings. The molecule has 0 aliphatic rings. The number of rotatable bonds is 4. The zero-order valence-corrected chi connectivity index (χ0v) is 12.8. The number of halogens is 1. The van der Waals surface area contributed by atoms with Crippen LogP contribution in [-0.4, -0.2) is 29.6 Å². The van der Waals surface area contributed by atoms with Gasteiger partial charge in [-0.15, -0.1) is 0 Å². The van der Waals surface area contributed by atoms with Gasteiger partial charge in [-0.3, -0.25) is 4.72 Å². The standard InChI is InChI=1S/C10H7BrN2O5S2/c11-8-4-12-10(19-8)13-20(17,18)5-1-2-7(14)6(3-5)9(15)16/h1-4,14H,(H,12,13)(H,15,16). The molecule has 20 heavy (non-hydrogen) atoms. The number of carboxylic acids is 1. The molecule has 0 saturated carbocycles. The number of thiazole rings is 1. The van der Waals surface area contributed by atoms with E-state index in [1.807, 2.05) is 0 Å². The molecule has 1 aromatic heterocycles. The number of anilines is 1. The van der Waals surface area contributed by atoms with Crippen molar-refractivity contribution in [3.8, 4) is 5.75 Å². The summed E-state index contributed by atoms with van der Waals surface area (Å²) >= 11 is 4.22. The highest BCUT2D eigenvalue weighted by Crippen LogP contribution is 2.27. The largest absolute Gasteiger partial charge is 0.507 e. The molecule has 10 heteroatoms. The maximum atomic E-state index is 12.1.